The van der Waals surface area contributed by atoms with Crippen LogP contribution in [0.5, 0.6) is 0 Å². The molecule has 3 aliphatic rings. The average molecular weight is 564 g/mol. The van der Waals surface area contributed by atoms with Gasteiger partial charge in [-0.1, -0.05) is 40.0 Å². The number of ketones is 1. The smallest absolute Gasteiger partial charge is 0.319 e. The topological polar surface area (TPSA) is 174 Å². The molecule has 7 amide bonds. The second kappa shape index (κ2) is 13.3. The molecule has 0 spiro atoms. The second-order valence-corrected chi connectivity index (χ2v) is 12.3. The minimum Gasteiger partial charge on any atom is -0.363 e. The molecule has 0 bridgehead atoms. The van der Waals surface area contributed by atoms with Crippen LogP contribution < -0.4 is 21.7 Å². The molecule has 2 aliphatic heterocycles. The van der Waals surface area contributed by atoms with E-state index in [1.807, 2.05) is 20.8 Å². The van der Waals surface area contributed by atoms with E-state index in [9.17, 15) is 28.8 Å². The maximum atomic E-state index is 13.1. The van der Waals surface area contributed by atoms with Crippen molar-refractivity contribution in [3.05, 3.63) is 0 Å². The van der Waals surface area contributed by atoms with Crippen LogP contribution in [0.1, 0.15) is 65.7 Å². The van der Waals surface area contributed by atoms with Gasteiger partial charge >= 0.3 is 12.1 Å². The summed E-state index contributed by atoms with van der Waals surface area (Å²) < 4.78 is 0. The van der Waals surface area contributed by atoms with Crippen molar-refractivity contribution in [2.45, 2.75) is 83.8 Å². The maximum absolute atomic E-state index is 13.1. The highest BCUT2D eigenvalue weighted by Crippen LogP contribution is 2.31. The van der Waals surface area contributed by atoms with Crippen molar-refractivity contribution in [1.29, 1.82) is 0 Å². The third-order valence-electron chi connectivity index (χ3n) is 8.22. The lowest BCUT2D eigenvalue weighted by atomic mass is 9.80. The Bertz CT molecular complexity index is 992. The van der Waals surface area contributed by atoms with E-state index >= 15 is 0 Å². The maximum Gasteiger partial charge on any atom is 0.319 e. The van der Waals surface area contributed by atoms with Crippen molar-refractivity contribution >= 4 is 35.6 Å². The number of nitrogens with zero attached hydrogens (tertiary/aromatic N) is 3. The highest BCUT2D eigenvalue weighted by Gasteiger charge is 2.38. The summed E-state index contributed by atoms with van der Waals surface area (Å²) in [5, 5.41) is 8.15. The van der Waals surface area contributed by atoms with Gasteiger partial charge in [0.1, 0.15) is 6.04 Å². The first kappa shape index (κ1) is 31.2. The van der Waals surface area contributed by atoms with Crippen molar-refractivity contribution in [3.63, 3.8) is 0 Å². The number of carbonyl (C=O) groups excluding carboxylic acids is 6. The Labute approximate surface area is 235 Å². The molecule has 3 fully saturated rings. The Balaban J connectivity index is 1.54. The Morgan fingerprint density at radius 1 is 0.975 bits per heavy atom. The molecule has 13 heteroatoms. The average Bonchev–Trinajstić information content (AvgIpc) is 3.35. The van der Waals surface area contributed by atoms with Gasteiger partial charge in [-0.15, -0.1) is 0 Å². The van der Waals surface area contributed by atoms with E-state index in [2.05, 4.69) is 16.0 Å². The minimum absolute atomic E-state index is 0.0799. The summed E-state index contributed by atoms with van der Waals surface area (Å²) in [5.74, 6) is -2.60. The molecule has 3 atom stereocenters. The molecule has 0 aromatic heterocycles. The number of primary amides is 1. The number of nitrogens with one attached hydrogen (secondary N) is 3. The molecule has 2 heterocycles. The van der Waals surface area contributed by atoms with E-state index in [4.69, 9.17) is 5.73 Å². The van der Waals surface area contributed by atoms with Gasteiger partial charge in [-0.25, -0.2) is 9.59 Å². The van der Waals surface area contributed by atoms with E-state index in [1.165, 1.54) is 4.90 Å². The molecule has 0 aromatic carbocycles. The second-order valence-electron chi connectivity index (χ2n) is 12.3. The first-order valence-corrected chi connectivity index (χ1v) is 14.3. The van der Waals surface area contributed by atoms with E-state index in [-0.39, 0.29) is 30.0 Å². The van der Waals surface area contributed by atoms with Crippen LogP contribution >= 0.6 is 0 Å². The molecule has 1 aliphatic carbocycles. The summed E-state index contributed by atoms with van der Waals surface area (Å²) in [6.07, 6.45) is 5.12. The zero-order chi connectivity index (χ0) is 29.6. The lowest BCUT2D eigenvalue weighted by Gasteiger charge is -2.39. The largest absolute Gasteiger partial charge is 0.363 e. The first-order valence-electron chi connectivity index (χ1n) is 14.3. The molecule has 40 heavy (non-hydrogen) atoms. The van der Waals surface area contributed by atoms with Crippen molar-refractivity contribution < 1.29 is 28.8 Å². The predicted molar refractivity (Wildman–Crippen MR) is 147 cm³/mol. The summed E-state index contributed by atoms with van der Waals surface area (Å²) in [5.41, 5.74) is 4.85. The van der Waals surface area contributed by atoms with Gasteiger partial charge in [0.15, 0.2) is 0 Å². The molecule has 13 nitrogen and oxygen atoms in total. The molecular formula is C27H45N7O6. The number of hydrogen-bond donors (Lipinski definition) is 4. The van der Waals surface area contributed by atoms with E-state index in [0.717, 1.165) is 25.7 Å². The van der Waals surface area contributed by atoms with Gasteiger partial charge in [0.25, 0.3) is 5.91 Å². The Morgan fingerprint density at radius 3 is 2.27 bits per heavy atom. The van der Waals surface area contributed by atoms with Crippen LogP contribution in [0.15, 0.2) is 0 Å². The molecule has 0 aromatic rings. The van der Waals surface area contributed by atoms with Crippen LogP contribution in [0.3, 0.4) is 0 Å². The third kappa shape index (κ3) is 8.07. The number of carbonyl (C=O) groups is 6. The quantitative estimate of drug-likeness (QED) is 0.261. The third-order valence-corrected chi connectivity index (χ3v) is 8.22. The van der Waals surface area contributed by atoms with Gasteiger partial charge in [-0.2, -0.15) is 0 Å². The van der Waals surface area contributed by atoms with Crippen LogP contribution in [-0.4, -0.2) is 108 Å². The van der Waals surface area contributed by atoms with Crippen LogP contribution in [0.4, 0.5) is 9.59 Å². The highest BCUT2D eigenvalue weighted by molar-refractivity contribution is 6.37. The molecule has 3 unspecified atom stereocenters. The number of urea groups is 2. The zero-order valence-electron chi connectivity index (χ0n) is 24.2. The lowest BCUT2D eigenvalue weighted by Crippen LogP contribution is -2.58. The van der Waals surface area contributed by atoms with Gasteiger partial charge in [0, 0.05) is 33.2 Å². The number of Topliss-reactive ketones (excluding diaryl/α,β-unsaturated/α-hetero) is 1. The first-order chi connectivity index (χ1) is 18.8. The molecule has 0 radical (unpaired) electrons. The van der Waals surface area contributed by atoms with Gasteiger partial charge in [-0.05, 0) is 37.0 Å². The summed E-state index contributed by atoms with van der Waals surface area (Å²) >= 11 is 0. The molecule has 224 valence electrons. The van der Waals surface area contributed by atoms with E-state index in [0.29, 0.717) is 45.4 Å². The fourth-order valence-corrected chi connectivity index (χ4v) is 5.39. The fraction of sp³-hybridized carbons (Fsp3) is 0.778. The van der Waals surface area contributed by atoms with Crippen LogP contribution in [0.25, 0.3) is 0 Å². The molecule has 2 saturated heterocycles. The number of amides is 7. The Morgan fingerprint density at radius 2 is 1.68 bits per heavy atom. The lowest BCUT2D eigenvalue weighted by molar-refractivity contribution is -0.141. The highest BCUT2D eigenvalue weighted by atomic mass is 16.2. The summed E-state index contributed by atoms with van der Waals surface area (Å²) in [7, 11) is 1.75. The normalized spacial score (nSPS) is 21.4. The van der Waals surface area contributed by atoms with Gasteiger partial charge in [-0.3, -0.25) is 19.2 Å². The summed E-state index contributed by atoms with van der Waals surface area (Å²) in [4.78, 5) is 80.0. The molecule has 1 saturated carbocycles. The molecular weight excluding hydrogens is 518 g/mol. The Kier molecular flexibility index (Phi) is 10.4. The SMILES string of the molecule is CN1CCCN(CC(NC(=O)NCC(=O)N2CCCC2C(=O)NC(CC2CCC2)C(=O)C(N)=O)C(C)(C)C)C1=O. The van der Waals surface area contributed by atoms with Crippen molar-refractivity contribution in [2.24, 2.45) is 17.1 Å². The van der Waals surface area contributed by atoms with Crippen molar-refractivity contribution in [3.8, 4) is 0 Å². The predicted octanol–water partition coefficient (Wildman–Crippen LogP) is 0.178. The van der Waals surface area contributed by atoms with Crippen molar-refractivity contribution in [1.82, 2.24) is 30.7 Å². The Hall–Kier alpha value is -3.38. The monoisotopic (exact) mass is 563 g/mol. The zero-order valence-corrected chi connectivity index (χ0v) is 24.2. The molecule has 5 N–H and O–H groups in total. The number of hydrogen-bond acceptors (Lipinski definition) is 6. The van der Waals surface area contributed by atoms with E-state index < -0.39 is 41.6 Å². The number of nitrogens with two attached hydrogens (primary N) is 1. The number of likely N-dealkylation sites (tertiary alicyclic amines) is 1. The van der Waals surface area contributed by atoms with Crippen LogP contribution in [-0.2, 0) is 19.2 Å². The van der Waals surface area contributed by atoms with Gasteiger partial charge in [0.05, 0.1) is 18.6 Å². The van der Waals surface area contributed by atoms with Gasteiger partial charge < -0.3 is 36.4 Å². The standard InChI is InChI=1S/C27H45N7O6/c1-27(2,3)20(16-33-12-7-11-32(4)26(33)40)31-25(39)29-15-21(35)34-13-6-10-19(34)24(38)30-18(22(36)23(28)37)14-17-8-5-9-17/h17-20H,5-16H2,1-4H3,(H2,28,37)(H,30,38)(H2,29,31,39). The summed E-state index contributed by atoms with van der Waals surface area (Å²) in [6, 6.07) is -2.79. The van der Waals surface area contributed by atoms with Crippen LogP contribution in [0.2, 0.25) is 0 Å². The summed E-state index contributed by atoms with van der Waals surface area (Å²) in [6.45, 7) is 7.58. The minimum atomic E-state index is -1.09. The van der Waals surface area contributed by atoms with Crippen LogP contribution in [0, 0.1) is 11.3 Å². The number of rotatable bonds is 11. The van der Waals surface area contributed by atoms with Gasteiger partial charge in [0.2, 0.25) is 17.6 Å². The molecule has 3 rings (SSSR count). The fourth-order valence-electron chi connectivity index (χ4n) is 5.39. The van der Waals surface area contributed by atoms with Crippen molar-refractivity contribution in [2.75, 3.05) is 39.8 Å². The van der Waals surface area contributed by atoms with E-state index in [1.54, 1.807) is 16.8 Å².